The molecule has 3 aromatic rings. The minimum absolute atomic E-state index is 0.251. The first-order chi connectivity index (χ1) is 14.4. The van der Waals surface area contributed by atoms with Crippen molar-refractivity contribution in [2.24, 2.45) is 0 Å². The number of amides is 1. The van der Waals surface area contributed by atoms with Gasteiger partial charge in [0.25, 0.3) is 5.91 Å². The predicted octanol–water partition coefficient (Wildman–Crippen LogP) is 4.65. The van der Waals surface area contributed by atoms with Gasteiger partial charge in [-0.1, -0.05) is 0 Å². The van der Waals surface area contributed by atoms with Gasteiger partial charge in [0.1, 0.15) is 16.5 Å². The Morgan fingerprint density at radius 3 is 2.67 bits per heavy atom. The molecule has 1 amide bonds. The van der Waals surface area contributed by atoms with Crippen molar-refractivity contribution in [2.75, 3.05) is 37.4 Å². The number of nitrogens with zero attached hydrogens (tertiary/aromatic N) is 3. The van der Waals surface area contributed by atoms with E-state index in [0.717, 1.165) is 36.3 Å². The molecule has 1 N–H and O–H groups in total. The number of likely N-dealkylation sites (N-methyl/N-ethyl adjacent to an activating group) is 1. The predicted molar refractivity (Wildman–Crippen MR) is 121 cm³/mol. The van der Waals surface area contributed by atoms with Gasteiger partial charge in [-0.2, -0.15) is 0 Å². The molecule has 1 unspecified atom stereocenters. The van der Waals surface area contributed by atoms with Crippen LogP contribution >= 0.6 is 11.3 Å². The summed E-state index contributed by atoms with van der Waals surface area (Å²) in [6, 6.07) is 13.1. The average Bonchev–Trinajstić information content (AvgIpc) is 3.39. The van der Waals surface area contributed by atoms with Crippen LogP contribution in [0.15, 0.2) is 47.8 Å². The molecule has 0 spiro atoms. The van der Waals surface area contributed by atoms with Crippen molar-refractivity contribution < 1.29 is 9.18 Å². The highest BCUT2D eigenvalue weighted by molar-refractivity contribution is 7.13. The van der Waals surface area contributed by atoms with Crippen LogP contribution in [0.4, 0.5) is 15.8 Å². The molecule has 2 heterocycles. The van der Waals surface area contributed by atoms with Gasteiger partial charge in [-0.3, -0.25) is 4.79 Å². The fourth-order valence-corrected chi connectivity index (χ4v) is 4.61. The maximum atomic E-state index is 13.3. The summed E-state index contributed by atoms with van der Waals surface area (Å²) in [5.41, 5.74) is 3.90. The summed E-state index contributed by atoms with van der Waals surface area (Å²) in [6.07, 6.45) is 1.16. The van der Waals surface area contributed by atoms with Crippen molar-refractivity contribution in [3.05, 3.63) is 64.9 Å². The van der Waals surface area contributed by atoms with Gasteiger partial charge in [0.15, 0.2) is 0 Å². The lowest BCUT2D eigenvalue weighted by Gasteiger charge is -2.22. The number of carbonyl (C=O) groups excluding carboxylic acids is 1. The Labute approximate surface area is 180 Å². The number of nitrogens with one attached hydrogen (secondary N) is 1. The summed E-state index contributed by atoms with van der Waals surface area (Å²) < 4.78 is 13.3. The highest BCUT2D eigenvalue weighted by Crippen LogP contribution is 2.28. The SMILES string of the molecule is Cc1cc(F)ccc1-c1nc(C(=O)Nc2ccc(N3CCC(N(C)C)C3)cc2)cs1. The normalized spacial score (nSPS) is 16.3. The second kappa shape index (κ2) is 8.53. The lowest BCUT2D eigenvalue weighted by atomic mass is 10.1. The van der Waals surface area contributed by atoms with E-state index in [0.29, 0.717) is 16.7 Å². The summed E-state index contributed by atoms with van der Waals surface area (Å²) in [7, 11) is 4.24. The number of hydrogen-bond acceptors (Lipinski definition) is 5. The van der Waals surface area contributed by atoms with E-state index in [1.54, 1.807) is 11.4 Å². The molecular weight excluding hydrogens is 399 g/mol. The van der Waals surface area contributed by atoms with Crippen LogP contribution < -0.4 is 10.2 Å². The minimum Gasteiger partial charge on any atom is -0.370 e. The van der Waals surface area contributed by atoms with Crippen molar-refractivity contribution >= 4 is 28.6 Å². The molecule has 0 radical (unpaired) electrons. The van der Waals surface area contributed by atoms with Crippen molar-refractivity contribution in [3.63, 3.8) is 0 Å². The van der Waals surface area contributed by atoms with Crippen molar-refractivity contribution in [2.45, 2.75) is 19.4 Å². The highest BCUT2D eigenvalue weighted by Gasteiger charge is 2.24. The van der Waals surface area contributed by atoms with Crippen molar-refractivity contribution in [3.8, 4) is 10.6 Å². The Morgan fingerprint density at radius 2 is 2.00 bits per heavy atom. The summed E-state index contributed by atoms with van der Waals surface area (Å²) in [5, 5.41) is 5.35. The van der Waals surface area contributed by atoms with E-state index in [9.17, 15) is 9.18 Å². The molecule has 1 aliphatic rings. The number of aromatic nitrogens is 1. The van der Waals surface area contributed by atoms with E-state index < -0.39 is 0 Å². The lowest BCUT2D eigenvalue weighted by molar-refractivity contribution is 0.102. The van der Waals surface area contributed by atoms with Gasteiger partial charge >= 0.3 is 0 Å². The molecule has 1 atom stereocenters. The Morgan fingerprint density at radius 1 is 1.23 bits per heavy atom. The standard InChI is InChI=1S/C23H25FN4OS/c1-15-12-16(24)4-9-20(15)23-26-21(14-30-23)22(29)25-17-5-7-18(8-6-17)28-11-10-19(13-28)27(2)3/h4-9,12,14,19H,10-11,13H2,1-3H3,(H,25,29). The van der Waals surface area contributed by atoms with E-state index >= 15 is 0 Å². The van der Waals surface area contributed by atoms with Crippen LogP contribution in [0.3, 0.4) is 0 Å². The van der Waals surface area contributed by atoms with Crippen LogP contribution in [-0.2, 0) is 0 Å². The fraction of sp³-hybridized carbons (Fsp3) is 0.304. The number of anilines is 2. The van der Waals surface area contributed by atoms with Crippen LogP contribution in [0.25, 0.3) is 10.6 Å². The number of halogens is 1. The quantitative estimate of drug-likeness (QED) is 0.648. The van der Waals surface area contributed by atoms with Gasteiger partial charge in [0, 0.05) is 41.4 Å². The second-order valence-electron chi connectivity index (χ2n) is 7.85. The first kappa shape index (κ1) is 20.5. The summed E-state index contributed by atoms with van der Waals surface area (Å²) in [5.74, 6) is -0.528. The molecule has 5 nitrogen and oxygen atoms in total. The maximum absolute atomic E-state index is 13.3. The smallest absolute Gasteiger partial charge is 0.275 e. The molecule has 1 fully saturated rings. The Bertz CT molecular complexity index is 1050. The van der Waals surface area contributed by atoms with Crippen LogP contribution in [0.2, 0.25) is 0 Å². The van der Waals surface area contributed by atoms with Crippen molar-refractivity contribution in [1.29, 1.82) is 0 Å². The fourth-order valence-electron chi connectivity index (χ4n) is 3.72. The van der Waals surface area contributed by atoms with Gasteiger partial charge in [-0.05, 0) is 75.5 Å². The number of hydrogen-bond donors (Lipinski definition) is 1. The van der Waals surface area contributed by atoms with Crippen LogP contribution in [0.1, 0.15) is 22.5 Å². The number of carbonyl (C=O) groups is 1. The molecule has 156 valence electrons. The van der Waals surface area contributed by atoms with E-state index in [1.807, 2.05) is 31.2 Å². The monoisotopic (exact) mass is 424 g/mol. The van der Waals surface area contributed by atoms with Crippen LogP contribution in [0, 0.1) is 12.7 Å². The topological polar surface area (TPSA) is 48.5 Å². The lowest BCUT2D eigenvalue weighted by Crippen LogP contribution is -2.31. The first-order valence-electron chi connectivity index (χ1n) is 9.95. The minimum atomic E-state index is -0.277. The summed E-state index contributed by atoms with van der Waals surface area (Å²) in [6.45, 7) is 3.89. The highest BCUT2D eigenvalue weighted by atomic mass is 32.1. The molecule has 2 aromatic carbocycles. The zero-order valence-electron chi connectivity index (χ0n) is 17.4. The van der Waals surface area contributed by atoms with Gasteiger partial charge in [-0.25, -0.2) is 9.37 Å². The molecule has 0 saturated carbocycles. The molecule has 0 aliphatic carbocycles. The molecule has 1 aliphatic heterocycles. The molecular formula is C23H25FN4OS. The summed E-state index contributed by atoms with van der Waals surface area (Å²) >= 11 is 1.38. The molecule has 7 heteroatoms. The molecule has 30 heavy (non-hydrogen) atoms. The van der Waals surface area contributed by atoms with Crippen molar-refractivity contribution in [1.82, 2.24) is 9.88 Å². The Kier molecular flexibility index (Phi) is 5.83. The zero-order chi connectivity index (χ0) is 21.3. The van der Waals surface area contributed by atoms with Gasteiger partial charge in [0.2, 0.25) is 0 Å². The summed E-state index contributed by atoms with van der Waals surface area (Å²) in [4.78, 5) is 21.7. The molecule has 1 saturated heterocycles. The van der Waals surface area contributed by atoms with E-state index in [-0.39, 0.29) is 11.7 Å². The first-order valence-corrected chi connectivity index (χ1v) is 10.8. The Hall–Kier alpha value is -2.77. The number of benzene rings is 2. The van der Waals surface area contributed by atoms with E-state index in [2.05, 4.69) is 34.2 Å². The third-order valence-electron chi connectivity index (χ3n) is 5.54. The molecule has 1 aromatic heterocycles. The molecule has 0 bridgehead atoms. The molecule has 4 rings (SSSR count). The van der Waals surface area contributed by atoms with Crippen LogP contribution in [-0.4, -0.2) is 49.0 Å². The maximum Gasteiger partial charge on any atom is 0.275 e. The third-order valence-corrected chi connectivity index (χ3v) is 6.42. The van der Waals surface area contributed by atoms with Gasteiger partial charge in [0.05, 0.1) is 0 Å². The van der Waals surface area contributed by atoms with E-state index in [4.69, 9.17) is 0 Å². The largest absolute Gasteiger partial charge is 0.370 e. The van der Waals surface area contributed by atoms with Gasteiger partial charge in [-0.15, -0.1) is 11.3 Å². The number of thiazole rings is 1. The number of rotatable bonds is 5. The Balaban J connectivity index is 1.41. The van der Waals surface area contributed by atoms with Gasteiger partial charge < -0.3 is 15.1 Å². The zero-order valence-corrected chi connectivity index (χ0v) is 18.2. The van der Waals surface area contributed by atoms with E-state index in [1.165, 1.54) is 29.2 Å². The third kappa shape index (κ3) is 4.37. The average molecular weight is 425 g/mol. The second-order valence-corrected chi connectivity index (χ2v) is 8.71. The van der Waals surface area contributed by atoms with Crippen LogP contribution in [0.5, 0.6) is 0 Å². The number of aryl methyl sites for hydroxylation is 1.